The number of alkyl halides is 2. The highest BCUT2D eigenvalue weighted by molar-refractivity contribution is 7.82. The van der Waals surface area contributed by atoms with Crippen molar-refractivity contribution in [1.29, 1.82) is 0 Å². The van der Waals surface area contributed by atoms with Gasteiger partial charge in [-0.05, 0) is 56.1 Å². The number of aryl methyl sites for hydroxylation is 1. The van der Waals surface area contributed by atoms with E-state index in [1.165, 1.54) is 16.8 Å². The van der Waals surface area contributed by atoms with Gasteiger partial charge in [-0.25, -0.2) is 22.3 Å². The Kier molecular flexibility index (Phi) is 6.11. The number of halogens is 2. The zero-order valence-electron chi connectivity index (χ0n) is 20.0. The first-order chi connectivity index (χ1) is 17.4. The normalized spacial score (nSPS) is 25.7. The molecule has 0 amide bonds. The molecule has 192 valence electrons. The summed E-state index contributed by atoms with van der Waals surface area (Å²) in [4.78, 5) is 22.2. The van der Waals surface area contributed by atoms with Crippen molar-refractivity contribution in [3.63, 3.8) is 0 Å². The van der Waals surface area contributed by atoms with Crippen LogP contribution in [0.2, 0.25) is 0 Å². The molecule has 2 aliphatic carbocycles. The van der Waals surface area contributed by atoms with Crippen molar-refractivity contribution in [2.45, 2.75) is 62.1 Å². The summed E-state index contributed by atoms with van der Waals surface area (Å²) in [5.74, 6) is 1.27. The molecule has 4 heterocycles. The quantitative estimate of drug-likeness (QED) is 0.538. The first-order valence-corrected chi connectivity index (χ1v) is 13.6. The Morgan fingerprint density at radius 2 is 1.97 bits per heavy atom. The molecule has 3 aromatic heterocycles. The van der Waals surface area contributed by atoms with E-state index in [1.807, 2.05) is 4.31 Å². The van der Waals surface area contributed by atoms with Crippen LogP contribution in [0, 0.1) is 11.8 Å². The number of piperidine rings is 1. The molecule has 1 aliphatic heterocycles. The molecule has 3 aromatic rings. The lowest BCUT2D eigenvalue weighted by molar-refractivity contribution is 0.148. The second kappa shape index (κ2) is 9.29. The molecule has 0 aromatic carbocycles. The number of nitrogens with one attached hydrogen (secondary N) is 1. The Labute approximate surface area is 209 Å². The number of rotatable bonds is 6. The summed E-state index contributed by atoms with van der Waals surface area (Å²) in [7, 11) is 0.497. The second-order valence-electron chi connectivity index (χ2n) is 10.2. The minimum Gasteiger partial charge on any atom is -0.351 e. The largest absolute Gasteiger partial charge is 0.351 e. The van der Waals surface area contributed by atoms with Gasteiger partial charge in [0.2, 0.25) is 5.95 Å². The maximum Gasteiger partial charge on any atom is 0.269 e. The third-order valence-electron chi connectivity index (χ3n) is 7.96. The Morgan fingerprint density at radius 3 is 2.61 bits per heavy atom. The molecule has 12 heteroatoms. The van der Waals surface area contributed by atoms with E-state index in [2.05, 4.69) is 20.4 Å². The minimum absolute atomic E-state index is 0.0717. The summed E-state index contributed by atoms with van der Waals surface area (Å²) in [6, 6.07) is 2.98. The van der Waals surface area contributed by atoms with Gasteiger partial charge in [0.25, 0.3) is 12.0 Å². The molecule has 6 rings (SSSR count). The number of nitrogens with zero attached hydrogens (tertiary/aromatic N) is 6. The predicted molar refractivity (Wildman–Crippen MR) is 131 cm³/mol. The van der Waals surface area contributed by atoms with E-state index >= 15 is 0 Å². The van der Waals surface area contributed by atoms with Crippen LogP contribution in [0.25, 0.3) is 11.0 Å². The van der Waals surface area contributed by atoms with Crippen LogP contribution in [-0.2, 0) is 18.0 Å². The lowest BCUT2D eigenvalue weighted by Gasteiger charge is -2.31. The third-order valence-corrected chi connectivity index (χ3v) is 9.37. The van der Waals surface area contributed by atoms with Gasteiger partial charge in [-0.1, -0.05) is 6.42 Å². The van der Waals surface area contributed by atoms with Crippen LogP contribution < -0.4 is 10.9 Å². The highest BCUT2D eigenvalue weighted by Crippen LogP contribution is 2.50. The van der Waals surface area contributed by atoms with E-state index in [-0.39, 0.29) is 12.1 Å². The Bertz CT molecular complexity index is 1370. The van der Waals surface area contributed by atoms with E-state index in [0.29, 0.717) is 46.9 Å². The van der Waals surface area contributed by atoms with Crippen molar-refractivity contribution in [2.24, 2.45) is 18.9 Å². The van der Waals surface area contributed by atoms with E-state index in [1.54, 1.807) is 24.0 Å². The van der Waals surface area contributed by atoms with Gasteiger partial charge in [-0.2, -0.15) is 10.1 Å². The molecule has 36 heavy (non-hydrogen) atoms. The lowest BCUT2D eigenvalue weighted by Crippen LogP contribution is -2.40. The number of anilines is 1. The smallest absolute Gasteiger partial charge is 0.269 e. The molecule has 9 nitrogen and oxygen atoms in total. The molecule has 4 atom stereocenters. The SMILES string of the molecule is Cn1ccc(S(=O)N2CCC(Nc3ncc4cc(C(F)F)c(=O)n(C5CC6CCC5C6)c4n3)CC2)n1. The van der Waals surface area contributed by atoms with Crippen molar-refractivity contribution < 1.29 is 13.0 Å². The Hall–Kier alpha value is -2.73. The van der Waals surface area contributed by atoms with E-state index < -0.39 is 28.5 Å². The third kappa shape index (κ3) is 4.23. The van der Waals surface area contributed by atoms with Gasteiger partial charge < -0.3 is 5.32 Å². The monoisotopic (exact) mass is 517 g/mol. The van der Waals surface area contributed by atoms with Crippen molar-refractivity contribution >= 4 is 28.0 Å². The zero-order chi connectivity index (χ0) is 25.0. The molecule has 3 fully saturated rings. The first-order valence-electron chi connectivity index (χ1n) is 12.5. The number of aromatic nitrogens is 5. The maximum absolute atomic E-state index is 13.7. The molecule has 0 spiro atoms. The molecular weight excluding hydrogens is 488 g/mol. The maximum atomic E-state index is 13.7. The number of pyridine rings is 1. The Morgan fingerprint density at radius 1 is 1.17 bits per heavy atom. The number of fused-ring (bicyclic) bond motifs is 3. The molecule has 1 N–H and O–H groups in total. The molecule has 4 unspecified atom stereocenters. The van der Waals surface area contributed by atoms with Crippen molar-refractivity contribution in [2.75, 3.05) is 18.4 Å². The van der Waals surface area contributed by atoms with E-state index in [4.69, 9.17) is 0 Å². The van der Waals surface area contributed by atoms with Crippen LogP contribution in [0.4, 0.5) is 14.7 Å². The fourth-order valence-corrected chi connectivity index (χ4v) is 7.35. The van der Waals surface area contributed by atoms with Gasteiger partial charge in [-0.3, -0.25) is 14.0 Å². The van der Waals surface area contributed by atoms with Crippen LogP contribution in [0.3, 0.4) is 0 Å². The lowest BCUT2D eigenvalue weighted by atomic mass is 9.94. The average molecular weight is 518 g/mol. The summed E-state index contributed by atoms with van der Waals surface area (Å²) in [6.07, 6.45) is 6.00. The van der Waals surface area contributed by atoms with Gasteiger partial charge in [0, 0.05) is 50.0 Å². The van der Waals surface area contributed by atoms with Gasteiger partial charge in [0.1, 0.15) is 16.6 Å². The van der Waals surface area contributed by atoms with Crippen LogP contribution >= 0.6 is 0 Å². The van der Waals surface area contributed by atoms with Crippen molar-refractivity contribution in [3.8, 4) is 0 Å². The Balaban J connectivity index is 1.23. The van der Waals surface area contributed by atoms with Gasteiger partial charge >= 0.3 is 0 Å². The van der Waals surface area contributed by atoms with Gasteiger partial charge in [0.15, 0.2) is 5.03 Å². The summed E-state index contributed by atoms with van der Waals surface area (Å²) in [5.41, 5.74) is -0.694. The van der Waals surface area contributed by atoms with E-state index in [9.17, 15) is 17.8 Å². The van der Waals surface area contributed by atoms with Gasteiger partial charge in [-0.15, -0.1) is 0 Å². The van der Waals surface area contributed by atoms with Crippen LogP contribution in [0.5, 0.6) is 0 Å². The minimum atomic E-state index is -2.84. The molecule has 3 aliphatic rings. The fraction of sp³-hybridized carbons (Fsp3) is 0.583. The number of hydrogen-bond donors (Lipinski definition) is 1. The zero-order valence-corrected chi connectivity index (χ0v) is 20.8. The first kappa shape index (κ1) is 23.7. The standard InChI is InChI=1S/C24H29F2N7O2S/c1-31-7-6-20(30-31)36(35)32-8-4-17(5-9-32)28-24-27-13-16-12-18(21(25)26)23(34)33(22(16)29-24)19-11-14-2-3-15(19)10-14/h6-7,12-15,17,19,21H,2-5,8-11H2,1H3,(H,27,28,29). The summed E-state index contributed by atoms with van der Waals surface area (Å²) < 4.78 is 45.3. The highest BCUT2D eigenvalue weighted by atomic mass is 32.2. The molecule has 1 saturated heterocycles. The summed E-state index contributed by atoms with van der Waals surface area (Å²) in [5, 5.41) is 8.60. The van der Waals surface area contributed by atoms with Crippen LogP contribution in [0.15, 0.2) is 34.3 Å². The molecular formula is C24H29F2N7O2S. The number of hydrogen-bond acceptors (Lipinski definition) is 6. The van der Waals surface area contributed by atoms with E-state index in [0.717, 1.165) is 38.5 Å². The second-order valence-corrected chi connectivity index (χ2v) is 11.6. The van der Waals surface area contributed by atoms with Crippen molar-refractivity contribution in [3.05, 3.63) is 40.4 Å². The van der Waals surface area contributed by atoms with Gasteiger partial charge in [0.05, 0.1) is 5.56 Å². The molecule has 2 bridgehead atoms. The summed E-state index contributed by atoms with van der Waals surface area (Å²) in [6.45, 7) is 1.25. The highest BCUT2D eigenvalue weighted by Gasteiger charge is 2.42. The van der Waals surface area contributed by atoms with Crippen LogP contribution in [0.1, 0.15) is 56.6 Å². The summed E-state index contributed by atoms with van der Waals surface area (Å²) >= 11 is 0. The topological polar surface area (TPSA) is 97.9 Å². The predicted octanol–water partition coefficient (Wildman–Crippen LogP) is 3.42. The van der Waals surface area contributed by atoms with Crippen LogP contribution in [-0.4, -0.2) is 52.0 Å². The molecule has 0 radical (unpaired) electrons. The fourth-order valence-electron chi connectivity index (χ4n) is 6.17. The average Bonchev–Trinajstić information content (AvgIpc) is 3.61. The van der Waals surface area contributed by atoms with Crippen molar-refractivity contribution in [1.82, 2.24) is 28.6 Å². The molecule has 2 saturated carbocycles.